The molecule has 0 fully saturated rings. The van der Waals surface area contributed by atoms with E-state index in [0.29, 0.717) is 18.1 Å². The minimum absolute atomic E-state index is 0.373. The first-order valence-corrected chi connectivity index (χ1v) is 4.32. The van der Waals surface area contributed by atoms with E-state index < -0.39 is 7.12 Å². The average molecular weight is 195 g/mol. The summed E-state index contributed by atoms with van der Waals surface area (Å²) in [5.74, 6) is 1.85. The summed E-state index contributed by atoms with van der Waals surface area (Å²) in [6.45, 7) is 2.27. The number of rotatable bonds is 1. The van der Waals surface area contributed by atoms with Gasteiger partial charge in [0, 0.05) is 0 Å². The molecular weight excluding hydrogens is 181 g/mol. The van der Waals surface area contributed by atoms with Crippen molar-refractivity contribution in [2.24, 2.45) is 5.73 Å². The van der Waals surface area contributed by atoms with Crippen LogP contribution < -0.4 is 5.73 Å². The number of methoxy groups -OCH3 is 1. The Bertz CT molecular complexity index is 296. The standard InChI is InChI=1S/C9H14BNO3/c1-7-3-4-8(11)9(13-2)5-10(12)14-6-7/h3-5,12H,6,11H2,1-2H3/b7-3+,8-4+,9-5-. The molecule has 0 atom stereocenters. The second kappa shape index (κ2) is 4.88. The summed E-state index contributed by atoms with van der Waals surface area (Å²) >= 11 is 0. The van der Waals surface area contributed by atoms with Crippen LogP contribution in [0.4, 0.5) is 0 Å². The highest BCUT2D eigenvalue weighted by molar-refractivity contribution is 6.49. The third kappa shape index (κ3) is 2.94. The molecule has 5 heteroatoms. The van der Waals surface area contributed by atoms with Crippen LogP contribution in [0.3, 0.4) is 0 Å². The van der Waals surface area contributed by atoms with Gasteiger partial charge in [0.15, 0.2) is 0 Å². The zero-order valence-corrected chi connectivity index (χ0v) is 8.36. The van der Waals surface area contributed by atoms with Crippen molar-refractivity contribution in [3.05, 3.63) is 35.2 Å². The lowest BCUT2D eigenvalue weighted by Crippen LogP contribution is -2.18. The SMILES string of the molecule is COC1=C\B(O)OC/C(C)=C/C=C\1N. The monoisotopic (exact) mass is 195 g/mol. The molecule has 14 heavy (non-hydrogen) atoms. The van der Waals surface area contributed by atoms with Gasteiger partial charge < -0.3 is 20.1 Å². The molecule has 0 aliphatic carbocycles. The van der Waals surface area contributed by atoms with E-state index in [-0.39, 0.29) is 0 Å². The number of hydrogen-bond donors (Lipinski definition) is 2. The second-order valence-corrected chi connectivity index (χ2v) is 3.07. The molecule has 0 saturated heterocycles. The lowest BCUT2D eigenvalue weighted by atomic mass is 9.89. The molecule has 0 aromatic heterocycles. The molecule has 0 spiro atoms. The lowest BCUT2D eigenvalue weighted by molar-refractivity contribution is 0.282. The van der Waals surface area contributed by atoms with Crippen LogP contribution in [0, 0.1) is 0 Å². The summed E-state index contributed by atoms with van der Waals surface area (Å²) in [6, 6.07) is 0. The van der Waals surface area contributed by atoms with E-state index in [1.54, 1.807) is 6.08 Å². The Morgan fingerprint density at radius 3 is 2.93 bits per heavy atom. The quantitative estimate of drug-likeness (QED) is 0.592. The third-order valence-corrected chi connectivity index (χ3v) is 1.83. The first kappa shape index (κ1) is 10.9. The number of ether oxygens (including phenoxy) is 1. The summed E-state index contributed by atoms with van der Waals surface area (Å²) in [5, 5.41) is 9.39. The van der Waals surface area contributed by atoms with Crippen molar-refractivity contribution in [1.29, 1.82) is 0 Å². The maximum atomic E-state index is 9.39. The van der Waals surface area contributed by atoms with Gasteiger partial charge in [0.2, 0.25) is 0 Å². The van der Waals surface area contributed by atoms with Crippen molar-refractivity contribution in [2.45, 2.75) is 6.92 Å². The van der Waals surface area contributed by atoms with Crippen LogP contribution in [-0.2, 0) is 9.39 Å². The minimum atomic E-state index is -0.988. The molecule has 0 unspecified atom stereocenters. The van der Waals surface area contributed by atoms with Gasteiger partial charge in [0.05, 0.1) is 19.4 Å². The fourth-order valence-electron chi connectivity index (χ4n) is 1.04. The molecule has 4 nitrogen and oxygen atoms in total. The average Bonchev–Trinajstić information content (AvgIpc) is 2.23. The van der Waals surface area contributed by atoms with Crippen LogP contribution in [0.25, 0.3) is 0 Å². The summed E-state index contributed by atoms with van der Waals surface area (Å²) in [7, 11) is 0.506. The molecule has 0 bridgehead atoms. The van der Waals surface area contributed by atoms with Gasteiger partial charge in [-0.05, 0) is 24.5 Å². The van der Waals surface area contributed by atoms with Gasteiger partial charge in [-0.15, -0.1) is 0 Å². The molecule has 0 radical (unpaired) electrons. The Morgan fingerprint density at radius 2 is 2.29 bits per heavy atom. The van der Waals surface area contributed by atoms with Crippen LogP contribution in [0.2, 0.25) is 0 Å². The highest BCUT2D eigenvalue weighted by Gasteiger charge is 2.14. The van der Waals surface area contributed by atoms with Crippen LogP contribution >= 0.6 is 0 Å². The van der Waals surface area contributed by atoms with Crippen molar-refractivity contribution in [3.8, 4) is 0 Å². The van der Waals surface area contributed by atoms with Crippen molar-refractivity contribution in [2.75, 3.05) is 13.7 Å². The Balaban J connectivity index is 2.97. The van der Waals surface area contributed by atoms with E-state index in [0.717, 1.165) is 5.57 Å². The highest BCUT2D eigenvalue weighted by atomic mass is 16.5. The predicted octanol–water partition coefficient (Wildman–Crippen LogP) is 0.356. The Morgan fingerprint density at radius 1 is 1.57 bits per heavy atom. The van der Waals surface area contributed by atoms with Gasteiger partial charge >= 0.3 is 7.12 Å². The Kier molecular flexibility index (Phi) is 3.79. The molecule has 0 saturated carbocycles. The van der Waals surface area contributed by atoms with E-state index in [9.17, 15) is 5.02 Å². The maximum Gasteiger partial charge on any atom is 0.487 e. The van der Waals surface area contributed by atoms with Crippen LogP contribution in [0.5, 0.6) is 0 Å². The third-order valence-electron chi connectivity index (χ3n) is 1.83. The van der Waals surface area contributed by atoms with Crippen molar-refractivity contribution in [3.63, 3.8) is 0 Å². The highest BCUT2D eigenvalue weighted by Crippen LogP contribution is 2.09. The second-order valence-electron chi connectivity index (χ2n) is 3.07. The molecule has 0 aromatic carbocycles. The number of hydrogen-bond acceptors (Lipinski definition) is 4. The van der Waals surface area contributed by atoms with Crippen molar-refractivity contribution < 1.29 is 14.4 Å². The molecule has 0 aromatic rings. The first-order chi connectivity index (χ1) is 6.63. The normalized spacial score (nSPS) is 29.6. The smallest absolute Gasteiger partial charge is 0.487 e. The first-order valence-electron chi connectivity index (χ1n) is 4.32. The van der Waals surface area contributed by atoms with E-state index >= 15 is 0 Å². The van der Waals surface area contributed by atoms with E-state index in [4.69, 9.17) is 15.1 Å². The Hall–Kier alpha value is -1.20. The zero-order valence-electron chi connectivity index (χ0n) is 8.36. The van der Waals surface area contributed by atoms with Gasteiger partial charge in [-0.3, -0.25) is 0 Å². The van der Waals surface area contributed by atoms with Gasteiger partial charge in [-0.25, -0.2) is 0 Å². The van der Waals surface area contributed by atoms with Gasteiger partial charge in [0.1, 0.15) is 5.76 Å². The fraction of sp³-hybridized carbons (Fsp3) is 0.333. The van der Waals surface area contributed by atoms with Crippen molar-refractivity contribution >= 4 is 7.12 Å². The molecule has 3 N–H and O–H groups in total. The summed E-state index contributed by atoms with van der Waals surface area (Å²) in [4.78, 5) is 0. The minimum Gasteiger partial charge on any atom is -0.496 e. The fourth-order valence-corrected chi connectivity index (χ4v) is 1.04. The topological polar surface area (TPSA) is 64.7 Å². The molecule has 76 valence electrons. The van der Waals surface area contributed by atoms with E-state index in [1.807, 2.05) is 13.0 Å². The summed E-state index contributed by atoms with van der Waals surface area (Å²) < 4.78 is 10.1. The summed E-state index contributed by atoms with van der Waals surface area (Å²) in [5.41, 5.74) is 7.16. The molecular formula is C9H14BNO3. The number of nitrogens with two attached hydrogens (primary N) is 1. The molecule has 1 aliphatic rings. The van der Waals surface area contributed by atoms with Gasteiger partial charge in [-0.1, -0.05) is 6.08 Å². The van der Waals surface area contributed by atoms with E-state index in [2.05, 4.69) is 0 Å². The summed E-state index contributed by atoms with van der Waals surface area (Å²) in [6.07, 6.45) is 3.56. The van der Waals surface area contributed by atoms with Crippen LogP contribution in [0.15, 0.2) is 35.2 Å². The Labute approximate surface area is 83.8 Å². The zero-order chi connectivity index (χ0) is 10.6. The van der Waals surface area contributed by atoms with Crippen LogP contribution in [-0.4, -0.2) is 25.9 Å². The van der Waals surface area contributed by atoms with E-state index in [1.165, 1.54) is 13.1 Å². The lowest BCUT2D eigenvalue weighted by Gasteiger charge is -2.06. The van der Waals surface area contributed by atoms with Gasteiger partial charge in [0.25, 0.3) is 0 Å². The van der Waals surface area contributed by atoms with Crippen LogP contribution in [0.1, 0.15) is 6.92 Å². The number of allylic oxidation sites excluding steroid dienone is 2. The largest absolute Gasteiger partial charge is 0.496 e. The molecule has 1 rings (SSSR count). The van der Waals surface area contributed by atoms with Gasteiger partial charge in [-0.2, -0.15) is 0 Å². The molecule has 1 heterocycles. The molecule has 1 aliphatic heterocycles. The predicted molar refractivity (Wildman–Crippen MR) is 55.0 cm³/mol. The maximum absolute atomic E-state index is 9.39. The molecule has 0 amide bonds. The van der Waals surface area contributed by atoms with Crippen molar-refractivity contribution in [1.82, 2.24) is 0 Å².